The van der Waals surface area contributed by atoms with Gasteiger partial charge in [-0.3, -0.25) is 14.6 Å². The Labute approximate surface area is 164 Å². The highest BCUT2D eigenvalue weighted by Crippen LogP contribution is 2.14. The van der Waals surface area contributed by atoms with Gasteiger partial charge in [0.05, 0.1) is 11.0 Å². The molecule has 1 aromatic carbocycles. The molecule has 28 heavy (non-hydrogen) atoms. The van der Waals surface area contributed by atoms with Gasteiger partial charge in [0, 0.05) is 52.5 Å². The minimum Gasteiger partial charge on any atom is -0.358 e. The summed E-state index contributed by atoms with van der Waals surface area (Å²) in [4.78, 5) is 37.6. The maximum absolute atomic E-state index is 12.9. The van der Waals surface area contributed by atoms with Gasteiger partial charge in [-0.05, 0) is 36.8 Å². The van der Waals surface area contributed by atoms with Crippen LogP contribution in [0.3, 0.4) is 0 Å². The number of carbonyl (C=O) groups excluding carboxylic acids is 1. The summed E-state index contributed by atoms with van der Waals surface area (Å²) >= 11 is 0. The summed E-state index contributed by atoms with van der Waals surface area (Å²) in [5.74, 6) is 0.383. The Balaban J connectivity index is 1.83. The van der Waals surface area contributed by atoms with E-state index in [1.165, 1.54) is 0 Å². The van der Waals surface area contributed by atoms with E-state index >= 15 is 0 Å². The second-order valence-electron chi connectivity index (χ2n) is 6.79. The first kappa shape index (κ1) is 19.5. The zero-order valence-electron chi connectivity index (χ0n) is 16.5. The van der Waals surface area contributed by atoms with Gasteiger partial charge in [0.15, 0.2) is 5.82 Å². The zero-order chi connectivity index (χ0) is 20.1. The molecule has 0 aliphatic carbocycles. The number of rotatable bonds is 7. The molecule has 146 valence electrons. The van der Waals surface area contributed by atoms with Crippen molar-refractivity contribution in [1.82, 2.24) is 19.4 Å². The van der Waals surface area contributed by atoms with Crippen LogP contribution in [-0.2, 0) is 17.9 Å². The molecule has 0 aliphatic rings. The molecule has 0 unspecified atom stereocenters. The van der Waals surface area contributed by atoms with E-state index in [0.717, 1.165) is 16.6 Å². The third-order valence-electron chi connectivity index (χ3n) is 4.67. The van der Waals surface area contributed by atoms with Crippen LogP contribution in [0.1, 0.15) is 18.9 Å². The van der Waals surface area contributed by atoms with Crippen molar-refractivity contribution >= 4 is 22.8 Å². The number of nitrogens with zero attached hydrogens (tertiary/aromatic N) is 5. The van der Waals surface area contributed by atoms with Crippen molar-refractivity contribution in [2.45, 2.75) is 26.4 Å². The fourth-order valence-electron chi connectivity index (χ4n) is 3.14. The number of para-hydroxylation sites is 2. The highest BCUT2D eigenvalue weighted by Gasteiger charge is 2.16. The number of hydrogen-bond donors (Lipinski definition) is 0. The monoisotopic (exact) mass is 379 g/mol. The van der Waals surface area contributed by atoms with Gasteiger partial charge >= 0.3 is 0 Å². The van der Waals surface area contributed by atoms with Crippen LogP contribution in [0, 0.1) is 0 Å². The van der Waals surface area contributed by atoms with Gasteiger partial charge in [-0.25, -0.2) is 4.98 Å². The highest BCUT2D eigenvalue weighted by molar-refractivity contribution is 5.78. The van der Waals surface area contributed by atoms with Crippen LogP contribution in [0.15, 0.2) is 53.6 Å². The average molecular weight is 379 g/mol. The lowest BCUT2D eigenvalue weighted by atomic mass is 10.2. The van der Waals surface area contributed by atoms with Gasteiger partial charge in [0.25, 0.3) is 5.56 Å². The van der Waals surface area contributed by atoms with Crippen LogP contribution in [0.25, 0.3) is 11.0 Å². The Bertz CT molecular complexity index is 1010. The van der Waals surface area contributed by atoms with E-state index in [2.05, 4.69) is 9.97 Å². The standard InChI is InChI=1S/C21H25N5O2/c1-4-25(15-16-9-12-22-13-10-16)19(27)11-14-26-18-8-6-5-7-17(18)23-20(21(26)28)24(2)3/h5-10,12-13H,4,11,14-15H2,1-3H3. The molecule has 2 heterocycles. The second kappa shape index (κ2) is 8.65. The molecule has 3 aromatic rings. The normalized spacial score (nSPS) is 10.8. The van der Waals surface area contributed by atoms with Crippen molar-refractivity contribution in [2.24, 2.45) is 0 Å². The lowest BCUT2D eigenvalue weighted by Gasteiger charge is -2.22. The molecule has 0 aliphatic heterocycles. The number of aryl methyl sites for hydroxylation is 1. The highest BCUT2D eigenvalue weighted by atomic mass is 16.2. The average Bonchev–Trinajstić information content (AvgIpc) is 2.71. The lowest BCUT2D eigenvalue weighted by Crippen LogP contribution is -2.33. The van der Waals surface area contributed by atoms with E-state index < -0.39 is 0 Å². The molecular weight excluding hydrogens is 354 g/mol. The first-order valence-corrected chi connectivity index (χ1v) is 9.34. The molecule has 0 saturated carbocycles. The third-order valence-corrected chi connectivity index (χ3v) is 4.67. The quantitative estimate of drug-likeness (QED) is 0.630. The van der Waals surface area contributed by atoms with E-state index in [1.54, 1.807) is 40.9 Å². The molecule has 1 amide bonds. The number of carbonyl (C=O) groups is 1. The fraction of sp³-hybridized carbons (Fsp3) is 0.333. The molecule has 2 aromatic heterocycles. The predicted molar refractivity (Wildman–Crippen MR) is 110 cm³/mol. The molecule has 3 rings (SSSR count). The Kier molecular flexibility index (Phi) is 6.03. The van der Waals surface area contributed by atoms with E-state index in [-0.39, 0.29) is 17.9 Å². The van der Waals surface area contributed by atoms with Gasteiger partial charge in [-0.15, -0.1) is 0 Å². The van der Waals surface area contributed by atoms with Crippen molar-refractivity contribution in [3.8, 4) is 0 Å². The van der Waals surface area contributed by atoms with E-state index in [1.807, 2.05) is 43.3 Å². The molecule has 0 fully saturated rings. The zero-order valence-corrected chi connectivity index (χ0v) is 16.5. The maximum Gasteiger partial charge on any atom is 0.293 e. The summed E-state index contributed by atoms with van der Waals surface area (Å²) in [5.41, 5.74) is 2.32. The molecule has 0 saturated heterocycles. The van der Waals surface area contributed by atoms with Crippen LogP contribution in [0.5, 0.6) is 0 Å². The largest absolute Gasteiger partial charge is 0.358 e. The van der Waals surface area contributed by atoms with Gasteiger partial charge < -0.3 is 14.4 Å². The molecule has 0 atom stereocenters. The number of hydrogen-bond acceptors (Lipinski definition) is 5. The van der Waals surface area contributed by atoms with Crippen molar-refractivity contribution in [3.63, 3.8) is 0 Å². The summed E-state index contributed by atoms with van der Waals surface area (Å²) in [5, 5.41) is 0. The molecule has 0 N–H and O–H groups in total. The SMILES string of the molecule is CCN(Cc1ccncc1)C(=O)CCn1c(=O)c(N(C)C)nc2ccccc21. The number of fused-ring (bicyclic) bond motifs is 1. The van der Waals surface area contributed by atoms with Crippen molar-refractivity contribution < 1.29 is 4.79 Å². The van der Waals surface area contributed by atoms with Gasteiger partial charge in [-0.1, -0.05) is 12.1 Å². The number of pyridine rings is 1. The number of benzene rings is 1. The van der Waals surface area contributed by atoms with Crippen LogP contribution >= 0.6 is 0 Å². The van der Waals surface area contributed by atoms with E-state index in [9.17, 15) is 9.59 Å². The Hall–Kier alpha value is -3.22. The molecule has 0 spiro atoms. The predicted octanol–water partition coefficient (Wildman–Crippen LogP) is 2.30. The smallest absolute Gasteiger partial charge is 0.293 e. The minimum atomic E-state index is -0.186. The summed E-state index contributed by atoms with van der Waals surface area (Å²) in [6.07, 6.45) is 3.69. The molecule has 7 heteroatoms. The number of amides is 1. The topological polar surface area (TPSA) is 71.3 Å². The van der Waals surface area contributed by atoms with Gasteiger partial charge in [0.1, 0.15) is 0 Å². The summed E-state index contributed by atoms with van der Waals surface area (Å²) < 4.78 is 1.65. The van der Waals surface area contributed by atoms with Crippen molar-refractivity contribution in [2.75, 3.05) is 25.5 Å². The third kappa shape index (κ3) is 4.19. The van der Waals surface area contributed by atoms with Crippen LogP contribution in [0.4, 0.5) is 5.82 Å². The minimum absolute atomic E-state index is 0.0125. The van der Waals surface area contributed by atoms with Crippen molar-refractivity contribution in [1.29, 1.82) is 0 Å². The van der Waals surface area contributed by atoms with Crippen LogP contribution in [0.2, 0.25) is 0 Å². The van der Waals surface area contributed by atoms with E-state index in [0.29, 0.717) is 25.5 Å². The maximum atomic E-state index is 12.9. The Morgan fingerprint density at radius 3 is 2.50 bits per heavy atom. The first-order chi connectivity index (χ1) is 13.5. The number of aromatic nitrogens is 3. The van der Waals surface area contributed by atoms with Gasteiger partial charge in [0.2, 0.25) is 5.91 Å². The summed E-state index contributed by atoms with van der Waals surface area (Å²) in [6, 6.07) is 11.3. The van der Waals surface area contributed by atoms with Crippen LogP contribution < -0.4 is 10.5 Å². The van der Waals surface area contributed by atoms with Crippen LogP contribution in [-0.4, -0.2) is 46.0 Å². The van der Waals surface area contributed by atoms with E-state index in [4.69, 9.17) is 0 Å². The Morgan fingerprint density at radius 1 is 1.11 bits per heavy atom. The van der Waals surface area contributed by atoms with Gasteiger partial charge in [-0.2, -0.15) is 0 Å². The number of anilines is 1. The Morgan fingerprint density at radius 2 is 1.82 bits per heavy atom. The molecule has 0 bridgehead atoms. The fourth-order valence-corrected chi connectivity index (χ4v) is 3.14. The lowest BCUT2D eigenvalue weighted by molar-refractivity contribution is -0.131. The summed E-state index contributed by atoms with van der Waals surface area (Å²) in [6.45, 7) is 3.41. The summed E-state index contributed by atoms with van der Waals surface area (Å²) in [7, 11) is 3.59. The first-order valence-electron chi connectivity index (χ1n) is 9.34. The molecule has 7 nitrogen and oxygen atoms in total. The van der Waals surface area contributed by atoms with Crippen molar-refractivity contribution in [3.05, 3.63) is 64.7 Å². The molecular formula is C21H25N5O2. The molecule has 0 radical (unpaired) electrons. The second-order valence-corrected chi connectivity index (χ2v) is 6.79.